The predicted molar refractivity (Wildman–Crippen MR) is 91.2 cm³/mol. The highest BCUT2D eigenvalue weighted by atomic mass is 32.2. The lowest BCUT2D eigenvalue weighted by Gasteiger charge is -2.33. The summed E-state index contributed by atoms with van der Waals surface area (Å²) in [6, 6.07) is 5.09. The van der Waals surface area contributed by atoms with Crippen molar-refractivity contribution in [1.29, 1.82) is 0 Å². The molecule has 3 rings (SSSR count). The zero-order valence-electron chi connectivity index (χ0n) is 14.1. The molecule has 0 radical (unpaired) electrons. The number of hydrogen-bond donors (Lipinski definition) is 1. The molecule has 1 aromatic carbocycles. The van der Waals surface area contributed by atoms with Gasteiger partial charge in [0.25, 0.3) is 0 Å². The van der Waals surface area contributed by atoms with Gasteiger partial charge >= 0.3 is 0 Å². The fourth-order valence-corrected chi connectivity index (χ4v) is 5.61. The minimum Gasteiger partial charge on any atom is -0.389 e. The Bertz CT molecular complexity index is 694. The zero-order chi connectivity index (χ0) is 16.8. The third kappa shape index (κ3) is 2.99. The number of aryl methyl sites for hydroxylation is 1. The molecule has 0 amide bonds. The van der Waals surface area contributed by atoms with Crippen molar-refractivity contribution in [1.82, 2.24) is 4.31 Å². The summed E-state index contributed by atoms with van der Waals surface area (Å²) in [4.78, 5) is 2.45. The fraction of sp³-hybridized carbons (Fsp3) is 0.647. The highest BCUT2D eigenvalue weighted by molar-refractivity contribution is 7.89. The molecule has 23 heavy (non-hydrogen) atoms. The van der Waals surface area contributed by atoms with Crippen molar-refractivity contribution >= 4 is 15.7 Å². The molecular formula is C17H26N2O3S. The maximum atomic E-state index is 13.1. The van der Waals surface area contributed by atoms with Gasteiger partial charge < -0.3 is 10.0 Å². The number of nitrogens with zero attached hydrogens (tertiary/aromatic N) is 2. The molecular weight excluding hydrogens is 312 g/mol. The second kappa shape index (κ2) is 5.76. The Morgan fingerprint density at radius 3 is 2.65 bits per heavy atom. The number of sulfonamides is 1. The van der Waals surface area contributed by atoms with Gasteiger partial charge in [0.1, 0.15) is 0 Å². The SMILES string of the molecule is CN1CCCc2ccc(S(=O)(=O)N3CCCC3C(C)(C)O)cc21. The molecule has 0 saturated carbocycles. The maximum absolute atomic E-state index is 13.1. The van der Waals surface area contributed by atoms with Gasteiger partial charge in [-0.05, 0) is 57.2 Å². The average molecular weight is 338 g/mol. The smallest absolute Gasteiger partial charge is 0.243 e. The Labute approximate surface area is 139 Å². The first-order valence-electron chi connectivity index (χ1n) is 8.29. The lowest BCUT2D eigenvalue weighted by atomic mass is 9.98. The Balaban J connectivity index is 1.99. The van der Waals surface area contributed by atoms with Gasteiger partial charge in [-0.2, -0.15) is 4.31 Å². The first-order chi connectivity index (χ1) is 10.7. The van der Waals surface area contributed by atoms with Crippen LogP contribution in [0.1, 0.15) is 38.7 Å². The number of anilines is 1. The van der Waals surface area contributed by atoms with Crippen molar-refractivity contribution in [3.63, 3.8) is 0 Å². The molecule has 2 aliphatic rings. The Kier molecular flexibility index (Phi) is 4.19. The van der Waals surface area contributed by atoms with Crippen LogP contribution in [0.3, 0.4) is 0 Å². The third-order valence-electron chi connectivity index (χ3n) is 5.03. The molecule has 0 bridgehead atoms. The van der Waals surface area contributed by atoms with Crippen LogP contribution >= 0.6 is 0 Å². The molecule has 1 saturated heterocycles. The molecule has 1 fully saturated rings. The summed E-state index contributed by atoms with van der Waals surface area (Å²) < 4.78 is 27.6. The summed E-state index contributed by atoms with van der Waals surface area (Å²) in [6.45, 7) is 4.80. The van der Waals surface area contributed by atoms with Crippen LogP contribution in [0.15, 0.2) is 23.1 Å². The topological polar surface area (TPSA) is 60.9 Å². The standard InChI is InChI=1S/C17H26N2O3S/c1-17(2,20)16-7-5-11-19(16)23(21,22)14-9-8-13-6-4-10-18(3)15(13)12-14/h8-9,12,16,20H,4-7,10-11H2,1-3H3. The average Bonchev–Trinajstić information content (AvgIpc) is 2.97. The fourth-order valence-electron chi connectivity index (χ4n) is 3.77. The predicted octanol–water partition coefficient (Wildman–Crippen LogP) is 1.99. The van der Waals surface area contributed by atoms with Gasteiger partial charge in [-0.25, -0.2) is 8.42 Å². The second-order valence-electron chi connectivity index (χ2n) is 7.24. The van der Waals surface area contributed by atoms with Gasteiger partial charge in [0.05, 0.1) is 16.5 Å². The monoisotopic (exact) mass is 338 g/mol. The number of fused-ring (bicyclic) bond motifs is 1. The van der Waals surface area contributed by atoms with Crippen LogP contribution in [-0.4, -0.2) is 49.6 Å². The molecule has 128 valence electrons. The van der Waals surface area contributed by atoms with Gasteiger partial charge in [-0.1, -0.05) is 6.07 Å². The molecule has 5 nitrogen and oxygen atoms in total. The molecule has 1 unspecified atom stereocenters. The van der Waals surface area contributed by atoms with E-state index in [-0.39, 0.29) is 6.04 Å². The Hall–Kier alpha value is -1.11. The molecule has 2 aliphatic heterocycles. The van der Waals surface area contributed by atoms with Gasteiger partial charge in [0.2, 0.25) is 10.0 Å². The second-order valence-corrected chi connectivity index (χ2v) is 9.13. The van der Waals surface area contributed by atoms with Crippen molar-refractivity contribution in [2.45, 2.75) is 56.1 Å². The summed E-state index contributed by atoms with van der Waals surface area (Å²) in [6.07, 6.45) is 3.59. The Morgan fingerprint density at radius 1 is 1.22 bits per heavy atom. The minimum absolute atomic E-state index is 0.334. The van der Waals surface area contributed by atoms with E-state index in [4.69, 9.17) is 0 Å². The van der Waals surface area contributed by atoms with E-state index >= 15 is 0 Å². The van der Waals surface area contributed by atoms with Crippen molar-refractivity contribution in [2.24, 2.45) is 0 Å². The van der Waals surface area contributed by atoms with E-state index in [9.17, 15) is 13.5 Å². The molecule has 0 spiro atoms. The highest BCUT2D eigenvalue weighted by Gasteiger charge is 2.42. The van der Waals surface area contributed by atoms with E-state index in [0.717, 1.165) is 31.5 Å². The van der Waals surface area contributed by atoms with Crippen LogP contribution in [0.5, 0.6) is 0 Å². The molecule has 1 atom stereocenters. The normalized spacial score (nSPS) is 23.1. The van der Waals surface area contributed by atoms with Crippen LogP contribution in [0.25, 0.3) is 0 Å². The van der Waals surface area contributed by atoms with Crippen LogP contribution in [-0.2, 0) is 16.4 Å². The number of benzene rings is 1. The Morgan fingerprint density at radius 2 is 1.96 bits per heavy atom. The zero-order valence-corrected chi connectivity index (χ0v) is 14.9. The molecule has 0 aromatic heterocycles. The van der Waals surface area contributed by atoms with Crippen LogP contribution < -0.4 is 4.90 Å². The number of rotatable bonds is 3. The van der Waals surface area contributed by atoms with Gasteiger partial charge in [0, 0.05) is 25.8 Å². The van der Waals surface area contributed by atoms with Gasteiger partial charge in [-0.3, -0.25) is 0 Å². The lowest BCUT2D eigenvalue weighted by Crippen LogP contribution is -2.48. The van der Waals surface area contributed by atoms with Crippen molar-refractivity contribution in [2.75, 3.05) is 25.0 Å². The molecule has 1 N–H and O–H groups in total. The van der Waals surface area contributed by atoms with Gasteiger partial charge in [0.15, 0.2) is 0 Å². The number of aliphatic hydroxyl groups is 1. The van der Waals surface area contributed by atoms with E-state index in [1.54, 1.807) is 26.0 Å². The minimum atomic E-state index is -3.58. The van der Waals surface area contributed by atoms with Crippen molar-refractivity contribution in [3.05, 3.63) is 23.8 Å². The summed E-state index contributed by atoms with van der Waals surface area (Å²) >= 11 is 0. The van der Waals surface area contributed by atoms with E-state index in [1.807, 2.05) is 13.1 Å². The molecule has 0 aliphatic carbocycles. The van der Waals surface area contributed by atoms with Crippen LogP contribution in [0.4, 0.5) is 5.69 Å². The van der Waals surface area contributed by atoms with E-state index in [0.29, 0.717) is 17.9 Å². The summed E-state index contributed by atoms with van der Waals surface area (Å²) in [5.74, 6) is 0. The van der Waals surface area contributed by atoms with Crippen molar-refractivity contribution < 1.29 is 13.5 Å². The maximum Gasteiger partial charge on any atom is 0.243 e. The third-order valence-corrected chi connectivity index (χ3v) is 6.94. The van der Waals surface area contributed by atoms with E-state index < -0.39 is 15.6 Å². The summed E-state index contributed by atoms with van der Waals surface area (Å²) in [5.41, 5.74) is 1.18. The van der Waals surface area contributed by atoms with Crippen LogP contribution in [0, 0.1) is 0 Å². The molecule has 1 aromatic rings. The summed E-state index contributed by atoms with van der Waals surface area (Å²) in [7, 11) is -1.58. The first kappa shape index (κ1) is 16.7. The largest absolute Gasteiger partial charge is 0.389 e. The van der Waals surface area contributed by atoms with E-state index in [1.165, 1.54) is 9.87 Å². The van der Waals surface area contributed by atoms with E-state index in [2.05, 4.69) is 4.90 Å². The van der Waals surface area contributed by atoms with Gasteiger partial charge in [-0.15, -0.1) is 0 Å². The van der Waals surface area contributed by atoms with Crippen LogP contribution in [0.2, 0.25) is 0 Å². The highest BCUT2D eigenvalue weighted by Crippen LogP contribution is 2.34. The summed E-state index contributed by atoms with van der Waals surface area (Å²) in [5, 5.41) is 10.3. The lowest BCUT2D eigenvalue weighted by molar-refractivity contribution is 0.0215. The quantitative estimate of drug-likeness (QED) is 0.916. The molecule has 2 heterocycles. The number of hydrogen-bond acceptors (Lipinski definition) is 4. The molecule has 6 heteroatoms. The van der Waals surface area contributed by atoms with Crippen molar-refractivity contribution in [3.8, 4) is 0 Å². The first-order valence-corrected chi connectivity index (χ1v) is 9.73.